The third kappa shape index (κ3) is 6.35. The molecule has 8 nitrogen and oxygen atoms in total. The molecule has 156 valence electrons. The molecule has 29 heavy (non-hydrogen) atoms. The van der Waals surface area contributed by atoms with E-state index in [0.29, 0.717) is 17.8 Å². The van der Waals surface area contributed by atoms with Crippen molar-refractivity contribution >= 4 is 10.1 Å². The van der Waals surface area contributed by atoms with Crippen LogP contribution < -0.4 is 0 Å². The van der Waals surface area contributed by atoms with Crippen LogP contribution in [0, 0.1) is 11.8 Å². The van der Waals surface area contributed by atoms with Gasteiger partial charge in [-0.05, 0) is 36.8 Å². The Morgan fingerprint density at radius 3 is 2.90 bits per heavy atom. The predicted octanol–water partition coefficient (Wildman–Crippen LogP) is 2.36. The standard InChI is InChI=1S/C20H26N4O4S/c1-15(2)18-11-16(7-6-10-28-29(3,25)26)12-21-20(18)19-14-24(23-22-19)13-17-8-4-5-9-27-17/h11-12,14-15,17H,4-5,8-10,13H2,1-3H3. The maximum Gasteiger partial charge on any atom is 0.265 e. The molecule has 1 fully saturated rings. The van der Waals surface area contributed by atoms with Crippen molar-refractivity contribution in [1.82, 2.24) is 20.0 Å². The number of hydrogen-bond donors (Lipinski definition) is 0. The Bertz CT molecular complexity index is 999. The molecule has 1 aliphatic rings. The van der Waals surface area contributed by atoms with Gasteiger partial charge < -0.3 is 4.74 Å². The lowest BCUT2D eigenvalue weighted by atomic mass is 9.98. The Kier molecular flexibility index (Phi) is 7.00. The third-order valence-electron chi connectivity index (χ3n) is 4.56. The van der Waals surface area contributed by atoms with E-state index in [-0.39, 0.29) is 18.6 Å². The predicted molar refractivity (Wildman–Crippen MR) is 109 cm³/mol. The monoisotopic (exact) mass is 418 g/mol. The van der Waals surface area contributed by atoms with Crippen molar-refractivity contribution < 1.29 is 17.3 Å². The lowest BCUT2D eigenvalue weighted by molar-refractivity contribution is 0.00370. The molecule has 9 heteroatoms. The molecule has 0 radical (unpaired) electrons. The first-order chi connectivity index (χ1) is 13.8. The second kappa shape index (κ2) is 9.48. The van der Waals surface area contributed by atoms with Gasteiger partial charge in [-0.15, -0.1) is 5.10 Å². The van der Waals surface area contributed by atoms with Crippen LogP contribution in [0.5, 0.6) is 0 Å². The highest BCUT2D eigenvalue weighted by Crippen LogP contribution is 2.26. The minimum Gasteiger partial charge on any atom is -0.376 e. The molecule has 0 aromatic carbocycles. The van der Waals surface area contributed by atoms with Crippen LogP contribution in [0.15, 0.2) is 18.5 Å². The van der Waals surface area contributed by atoms with E-state index < -0.39 is 10.1 Å². The zero-order valence-corrected chi connectivity index (χ0v) is 17.8. The second-order valence-electron chi connectivity index (χ2n) is 7.40. The summed E-state index contributed by atoms with van der Waals surface area (Å²) in [6, 6.07) is 1.95. The molecule has 0 N–H and O–H groups in total. The van der Waals surface area contributed by atoms with Crippen molar-refractivity contribution in [2.75, 3.05) is 19.5 Å². The van der Waals surface area contributed by atoms with Crippen molar-refractivity contribution in [3.8, 4) is 23.2 Å². The summed E-state index contributed by atoms with van der Waals surface area (Å²) in [5.41, 5.74) is 3.18. The Morgan fingerprint density at radius 2 is 2.21 bits per heavy atom. The van der Waals surface area contributed by atoms with Gasteiger partial charge in [0.2, 0.25) is 0 Å². The van der Waals surface area contributed by atoms with Crippen molar-refractivity contribution in [3.63, 3.8) is 0 Å². The summed E-state index contributed by atoms with van der Waals surface area (Å²) < 4.78 is 34.2. The van der Waals surface area contributed by atoms with Gasteiger partial charge in [0, 0.05) is 18.4 Å². The molecule has 1 unspecified atom stereocenters. The molecular weight excluding hydrogens is 392 g/mol. The van der Waals surface area contributed by atoms with Crippen LogP contribution in [-0.4, -0.2) is 54.0 Å². The van der Waals surface area contributed by atoms with E-state index in [1.807, 2.05) is 16.9 Å². The van der Waals surface area contributed by atoms with E-state index in [1.165, 1.54) is 6.42 Å². The number of aromatic nitrogens is 4. The number of pyridine rings is 1. The largest absolute Gasteiger partial charge is 0.376 e. The summed E-state index contributed by atoms with van der Waals surface area (Å²) in [6.45, 7) is 5.46. The summed E-state index contributed by atoms with van der Waals surface area (Å²) in [6.07, 6.45) is 8.08. The van der Waals surface area contributed by atoms with E-state index in [2.05, 4.69) is 45.2 Å². The zero-order valence-electron chi connectivity index (χ0n) is 17.0. The Hall–Kier alpha value is -2.28. The highest BCUT2D eigenvalue weighted by molar-refractivity contribution is 7.86. The van der Waals surface area contributed by atoms with Crippen molar-refractivity contribution in [1.29, 1.82) is 0 Å². The Morgan fingerprint density at radius 1 is 1.38 bits per heavy atom. The molecule has 1 atom stereocenters. The lowest BCUT2D eigenvalue weighted by Crippen LogP contribution is -2.24. The first-order valence-corrected chi connectivity index (χ1v) is 11.5. The van der Waals surface area contributed by atoms with Gasteiger partial charge in [-0.3, -0.25) is 9.17 Å². The van der Waals surface area contributed by atoms with Gasteiger partial charge in [-0.1, -0.05) is 30.9 Å². The summed E-state index contributed by atoms with van der Waals surface area (Å²) in [4.78, 5) is 4.55. The summed E-state index contributed by atoms with van der Waals surface area (Å²) in [5.74, 6) is 5.79. The van der Waals surface area contributed by atoms with Crippen LogP contribution in [0.1, 0.15) is 50.2 Å². The van der Waals surface area contributed by atoms with Gasteiger partial charge in [-0.2, -0.15) is 8.42 Å². The van der Waals surface area contributed by atoms with E-state index in [1.54, 1.807) is 6.20 Å². The maximum absolute atomic E-state index is 11.0. The van der Waals surface area contributed by atoms with Crippen molar-refractivity contribution in [3.05, 3.63) is 29.6 Å². The van der Waals surface area contributed by atoms with Crippen LogP contribution in [0.3, 0.4) is 0 Å². The van der Waals surface area contributed by atoms with Crippen LogP contribution >= 0.6 is 0 Å². The third-order valence-corrected chi connectivity index (χ3v) is 5.11. The van der Waals surface area contributed by atoms with E-state index in [4.69, 9.17) is 4.74 Å². The summed E-state index contributed by atoms with van der Waals surface area (Å²) >= 11 is 0. The quantitative estimate of drug-likeness (QED) is 0.525. The minimum absolute atomic E-state index is 0.183. The highest BCUT2D eigenvalue weighted by Gasteiger charge is 2.18. The van der Waals surface area contributed by atoms with E-state index in [9.17, 15) is 8.42 Å². The number of nitrogens with zero attached hydrogens (tertiary/aromatic N) is 4. The van der Waals surface area contributed by atoms with Crippen LogP contribution in [0.25, 0.3) is 11.4 Å². The lowest BCUT2D eigenvalue weighted by Gasteiger charge is -2.21. The minimum atomic E-state index is -3.50. The fraction of sp³-hybridized carbons (Fsp3) is 0.550. The summed E-state index contributed by atoms with van der Waals surface area (Å²) in [5, 5.41) is 8.54. The zero-order chi connectivity index (χ0) is 20.9. The molecule has 0 amide bonds. The fourth-order valence-corrected chi connectivity index (χ4v) is 3.41. The average Bonchev–Trinajstić information content (AvgIpc) is 3.13. The molecule has 0 bridgehead atoms. The van der Waals surface area contributed by atoms with E-state index in [0.717, 1.165) is 37.0 Å². The first-order valence-electron chi connectivity index (χ1n) is 9.67. The number of hydrogen-bond acceptors (Lipinski definition) is 7. The second-order valence-corrected chi connectivity index (χ2v) is 9.04. The van der Waals surface area contributed by atoms with Gasteiger partial charge in [0.15, 0.2) is 0 Å². The molecule has 3 heterocycles. The van der Waals surface area contributed by atoms with Gasteiger partial charge in [0.1, 0.15) is 12.3 Å². The molecule has 1 aliphatic heterocycles. The van der Waals surface area contributed by atoms with Gasteiger partial charge >= 0.3 is 0 Å². The van der Waals surface area contributed by atoms with Gasteiger partial charge in [0.25, 0.3) is 10.1 Å². The normalized spacial score (nSPS) is 17.2. The molecule has 0 saturated carbocycles. The number of rotatable bonds is 6. The molecule has 2 aromatic heterocycles. The summed E-state index contributed by atoms with van der Waals surface area (Å²) in [7, 11) is -3.50. The maximum atomic E-state index is 11.0. The number of ether oxygens (including phenoxy) is 1. The Labute approximate surface area is 171 Å². The van der Waals surface area contributed by atoms with Crippen molar-refractivity contribution in [2.45, 2.75) is 51.7 Å². The van der Waals surface area contributed by atoms with Crippen LogP contribution in [0.2, 0.25) is 0 Å². The SMILES string of the molecule is CC(C)c1cc(C#CCOS(C)(=O)=O)cnc1-c1cn(CC2CCCCO2)nn1. The first kappa shape index (κ1) is 21.4. The highest BCUT2D eigenvalue weighted by atomic mass is 32.2. The van der Waals surface area contributed by atoms with Gasteiger partial charge in [0.05, 0.1) is 30.8 Å². The smallest absolute Gasteiger partial charge is 0.265 e. The molecule has 0 spiro atoms. The molecule has 0 aliphatic carbocycles. The van der Waals surface area contributed by atoms with Gasteiger partial charge in [-0.25, -0.2) is 4.68 Å². The van der Waals surface area contributed by atoms with Crippen LogP contribution in [0.4, 0.5) is 0 Å². The molecular formula is C20H26N4O4S. The molecule has 2 aromatic rings. The molecule has 1 saturated heterocycles. The van der Waals surface area contributed by atoms with E-state index >= 15 is 0 Å². The topological polar surface area (TPSA) is 96.2 Å². The average molecular weight is 419 g/mol. The van der Waals surface area contributed by atoms with Crippen molar-refractivity contribution in [2.24, 2.45) is 0 Å². The fourth-order valence-electron chi connectivity index (χ4n) is 3.14. The molecule has 3 rings (SSSR count). The Balaban J connectivity index is 1.76. The van der Waals surface area contributed by atoms with Crippen LogP contribution in [-0.2, 0) is 25.6 Å².